The topological polar surface area (TPSA) is 97.6 Å². The number of nitro groups is 1. The number of nitrogens with zero attached hydrogens (tertiary/aromatic N) is 5. The summed E-state index contributed by atoms with van der Waals surface area (Å²) in [7, 11) is 0. The molecule has 102 valence electrons. The Labute approximate surface area is 115 Å². The largest absolute Gasteiger partial charge is 0.313 e. The minimum atomic E-state index is -0.420. The van der Waals surface area contributed by atoms with Crippen LogP contribution in [0, 0.1) is 21.4 Å². The molecule has 2 aromatic rings. The van der Waals surface area contributed by atoms with Crippen LogP contribution in [0.1, 0.15) is 30.8 Å². The molecule has 2 heterocycles. The van der Waals surface area contributed by atoms with Crippen molar-refractivity contribution in [3.63, 3.8) is 0 Å². The average molecular weight is 271 g/mol. The quantitative estimate of drug-likeness (QED) is 0.627. The predicted octanol–water partition coefficient (Wildman–Crippen LogP) is 2.17. The van der Waals surface area contributed by atoms with Gasteiger partial charge in [-0.15, -0.1) is 0 Å². The number of hydrogen-bond donors (Lipinski definition) is 0. The van der Waals surface area contributed by atoms with Crippen LogP contribution in [-0.2, 0) is 12.8 Å². The molecule has 0 radical (unpaired) electrons. The Bertz CT molecular complexity index is 699. The van der Waals surface area contributed by atoms with Crippen LogP contribution in [0.2, 0.25) is 0 Å². The Hall–Kier alpha value is -2.75. The summed E-state index contributed by atoms with van der Waals surface area (Å²) >= 11 is 0. The van der Waals surface area contributed by atoms with Crippen LogP contribution >= 0.6 is 0 Å². The lowest BCUT2D eigenvalue weighted by Gasteiger charge is -2.05. The van der Waals surface area contributed by atoms with Crippen molar-refractivity contribution in [1.82, 2.24) is 14.8 Å². The molecule has 0 saturated carbocycles. The molecule has 0 aliphatic heterocycles. The molecule has 0 saturated heterocycles. The van der Waals surface area contributed by atoms with E-state index in [2.05, 4.69) is 10.1 Å². The summed E-state index contributed by atoms with van der Waals surface area (Å²) < 4.78 is 1.41. The molecule has 2 rings (SSSR count). The standard InChI is InChI=1S/C13H13N5O2/c1-3-10-12(18(19)20)11(4-2)17(16-10)13-9(8-14)6-5-7-15-13/h5-7H,3-4H2,1-2H3. The Kier molecular flexibility index (Phi) is 3.75. The lowest BCUT2D eigenvalue weighted by molar-refractivity contribution is -0.386. The number of aryl methyl sites for hydroxylation is 1. The van der Waals surface area contributed by atoms with E-state index in [4.69, 9.17) is 5.26 Å². The van der Waals surface area contributed by atoms with Crippen LogP contribution in [0.4, 0.5) is 5.69 Å². The van der Waals surface area contributed by atoms with Gasteiger partial charge in [0.25, 0.3) is 0 Å². The molecule has 0 atom stereocenters. The highest BCUT2D eigenvalue weighted by Crippen LogP contribution is 2.27. The SMILES string of the molecule is CCc1nn(-c2ncccc2C#N)c(CC)c1[N+](=O)[O-]. The van der Waals surface area contributed by atoms with Crippen LogP contribution in [0.25, 0.3) is 5.82 Å². The average Bonchev–Trinajstić information content (AvgIpc) is 2.85. The molecule has 7 nitrogen and oxygen atoms in total. The molecule has 0 aromatic carbocycles. The Morgan fingerprint density at radius 1 is 1.45 bits per heavy atom. The van der Waals surface area contributed by atoms with Crippen LogP contribution in [0.5, 0.6) is 0 Å². The first-order valence-corrected chi connectivity index (χ1v) is 6.24. The first-order chi connectivity index (χ1) is 9.63. The van der Waals surface area contributed by atoms with E-state index in [0.29, 0.717) is 35.6 Å². The van der Waals surface area contributed by atoms with E-state index >= 15 is 0 Å². The lowest BCUT2D eigenvalue weighted by atomic mass is 10.2. The van der Waals surface area contributed by atoms with E-state index in [1.807, 2.05) is 19.9 Å². The highest BCUT2D eigenvalue weighted by atomic mass is 16.6. The van der Waals surface area contributed by atoms with Crippen LogP contribution < -0.4 is 0 Å². The zero-order valence-corrected chi connectivity index (χ0v) is 11.2. The zero-order chi connectivity index (χ0) is 14.7. The molecule has 0 amide bonds. The fraction of sp³-hybridized carbons (Fsp3) is 0.308. The Balaban J connectivity index is 2.75. The van der Waals surface area contributed by atoms with Gasteiger partial charge in [0.05, 0.1) is 10.5 Å². The normalized spacial score (nSPS) is 10.2. The second-order valence-corrected chi connectivity index (χ2v) is 4.10. The van der Waals surface area contributed by atoms with Gasteiger partial charge in [-0.2, -0.15) is 10.4 Å². The Morgan fingerprint density at radius 3 is 2.75 bits per heavy atom. The smallest absolute Gasteiger partial charge is 0.258 e. The molecular formula is C13H13N5O2. The maximum atomic E-state index is 11.2. The molecule has 20 heavy (non-hydrogen) atoms. The predicted molar refractivity (Wildman–Crippen MR) is 71.5 cm³/mol. The molecule has 0 unspecified atom stereocenters. The molecule has 0 bridgehead atoms. The van der Waals surface area contributed by atoms with Gasteiger partial charge in [0.2, 0.25) is 0 Å². The fourth-order valence-electron chi connectivity index (χ4n) is 2.09. The summed E-state index contributed by atoms with van der Waals surface area (Å²) in [4.78, 5) is 14.9. The van der Waals surface area contributed by atoms with Gasteiger partial charge < -0.3 is 0 Å². The van der Waals surface area contributed by atoms with Crippen molar-refractivity contribution in [1.29, 1.82) is 5.26 Å². The van der Waals surface area contributed by atoms with Crippen molar-refractivity contribution < 1.29 is 4.92 Å². The molecule has 0 spiro atoms. The highest BCUT2D eigenvalue weighted by Gasteiger charge is 2.27. The van der Waals surface area contributed by atoms with Crippen LogP contribution in [0.15, 0.2) is 18.3 Å². The van der Waals surface area contributed by atoms with Gasteiger partial charge in [0.15, 0.2) is 5.82 Å². The van der Waals surface area contributed by atoms with Crippen molar-refractivity contribution in [3.8, 4) is 11.9 Å². The minimum Gasteiger partial charge on any atom is -0.258 e. The van der Waals surface area contributed by atoms with Gasteiger partial charge in [-0.05, 0) is 25.0 Å². The van der Waals surface area contributed by atoms with E-state index in [0.717, 1.165) is 0 Å². The van der Waals surface area contributed by atoms with E-state index in [1.165, 1.54) is 10.9 Å². The third-order valence-corrected chi connectivity index (χ3v) is 2.98. The maximum Gasteiger partial charge on any atom is 0.313 e. The summed E-state index contributed by atoms with van der Waals surface area (Å²) in [6.07, 6.45) is 2.42. The second-order valence-electron chi connectivity index (χ2n) is 4.10. The third kappa shape index (κ3) is 2.12. The minimum absolute atomic E-state index is 0.0181. The number of aromatic nitrogens is 3. The highest BCUT2D eigenvalue weighted by molar-refractivity contribution is 5.49. The second kappa shape index (κ2) is 5.48. The molecule has 0 aliphatic rings. The number of nitriles is 1. The molecule has 0 fully saturated rings. The van der Waals surface area contributed by atoms with Gasteiger partial charge in [0.1, 0.15) is 17.5 Å². The lowest BCUT2D eigenvalue weighted by Crippen LogP contribution is -2.07. The van der Waals surface area contributed by atoms with E-state index in [-0.39, 0.29) is 5.69 Å². The summed E-state index contributed by atoms with van der Waals surface area (Å²) in [5, 5.41) is 24.6. The first-order valence-electron chi connectivity index (χ1n) is 6.24. The summed E-state index contributed by atoms with van der Waals surface area (Å²) in [5.41, 5.74) is 1.22. The van der Waals surface area contributed by atoms with E-state index < -0.39 is 4.92 Å². The fourth-order valence-corrected chi connectivity index (χ4v) is 2.09. The van der Waals surface area contributed by atoms with Gasteiger partial charge in [-0.25, -0.2) is 9.67 Å². The van der Waals surface area contributed by atoms with Crippen LogP contribution in [-0.4, -0.2) is 19.7 Å². The molecular weight excluding hydrogens is 258 g/mol. The maximum absolute atomic E-state index is 11.2. The zero-order valence-electron chi connectivity index (χ0n) is 11.2. The van der Waals surface area contributed by atoms with Gasteiger partial charge in [-0.3, -0.25) is 10.1 Å². The summed E-state index contributed by atoms with van der Waals surface area (Å²) in [6, 6.07) is 5.29. The van der Waals surface area contributed by atoms with Gasteiger partial charge in [0, 0.05) is 6.20 Å². The van der Waals surface area contributed by atoms with Crippen LogP contribution in [0.3, 0.4) is 0 Å². The number of pyridine rings is 1. The molecule has 0 aliphatic carbocycles. The molecule has 2 aromatic heterocycles. The first kappa shape index (κ1) is 13.7. The van der Waals surface area contributed by atoms with E-state index in [1.54, 1.807) is 12.1 Å². The van der Waals surface area contributed by atoms with E-state index in [9.17, 15) is 10.1 Å². The molecule has 7 heteroatoms. The monoisotopic (exact) mass is 271 g/mol. The van der Waals surface area contributed by atoms with Crippen molar-refractivity contribution in [2.45, 2.75) is 26.7 Å². The van der Waals surface area contributed by atoms with Gasteiger partial charge in [-0.1, -0.05) is 13.8 Å². The Morgan fingerprint density at radius 2 is 2.20 bits per heavy atom. The number of hydrogen-bond acceptors (Lipinski definition) is 5. The summed E-state index contributed by atoms with van der Waals surface area (Å²) in [6.45, 7) is 3.62. The van der Waals surface area contributed by atoms with Gasteiger partial charge >= 0.3 is 5.69 Å². The van der Waals surface area contributed by atoms with Crippen molar-refractivity contribution in [3.05, 3.63) is 45.4 Å². The van der Waals surface area contributed by atoms with Crippen molar-refractivity contribution in [2.75, 3.05) is 0 Å². The number of rotatable bonds is 4. The van der Waals surface area contributed by atoms with Crippen molar-refractivity contribution >= 4 is 5.69 Å². The third-order valence-electron chi connectivity index (χ3n) is 2.98. The molecule has 0 N–H and O–H groups in total. The van der Waals surface area contributed by atoms with Crippen molar-refractivity contribution in [2.24, 2.45) is 0 Å². The summed E-state index contributed by atoms with van der Waals surface area (Å²) in [5.74, 6) is 0.328.